The van der Waals surface area contributed by atoms with Gasteiger partial charge in [-0.2, -0.15) is 0 Å². The van der Waals surface area contributed by atoms with Crippen LogP contribution >= 0.6 is 0 Å². The van der Waals surface area contributed by atoms with Gasteiger partial charge in [0.2, 0.25) is 15.9 Å². The van der Waals surface area contributed by atoms with E-state index >= 15 is 0 Å². The third kappa shape index (κ3) is 4.25. The van der Waals surface area contributed by atoms with E-state index in [0.29, 0.717) is 22.8 Å². The summed E-state index contributed by atoms with van der Waals surface area (Å²) < 4.78 is 31.9. The molecule has 3 rings (SSSR count). The average Bonchev–Trinajstić information content (AvgIpc) is 2.68. The van der Waals surface area contributed by atoms with Crippen LogP contribution < -0.4 is 19.7 Å². The number of nitrogens with zero attached hydrogens (tertiary/aromatic N) is 1. The summed E-state index contributed by atoms with van der Waals surface area (Å²) >= 11 is 0. The zero-order valence-corrected chi connectivity index (χ0v) is 16.3. The molecule has 2 aromatic rings. The fourth-order valence-corrected chi connectivity index (χ4v) is 3.95. The maximum absolute atomic E-state index is 12.7. The number of benzene rings is 2. The van der Waals surface area contributed by atoms with Crippen molar-refractivity contribution >= 4 is 38.9 Å². The number of fused-ring (bicyclic) bond motifs is 1. The molecule has 1 aliphatic heterocycles. The zero-order chi connectivity index (χ0) is 20.3. The summed E-state index contributed by atoms with van der Waals surface area (Å²) in [7, 11) is -3.56. The molecule has 2 amide bonds. The molecule has 0 saturated carbocycles. The fourth-order valence-electron chi connectivity index (χ4n) is 2.82. The Morgan fingerprint density at radius 1 is 1.07 bits per heavy atom. The number of anilines is 3. The molecule has 1 unspecified atom stereocenters. The van der Waals surface area contributed by atoms with Crippen LogP contribution in [-0.4, -0.2) is 38.6 Å². The number of ether oxygens (including phenoxy) is 1. The van der Waals surface area contributed by atoms with E-state index in [-0.39, 0.29) is 18.2 Å². The SMILES string of the molecule is CCS(=O)(=O)N1CC(C(=O)Nc2ccc(NC(C)=O)cc2)Oc2ccccc21. The van der Waals surface area contributed by atoms with Gasteiger partial charge in [-0.15, -0.1) is 0 Å². The van der Waals surface area contributed by atoms with Crippen LogP contribution in [0.1, 0.15) is 13.8 Å². The first-order chi connectivity index (χ1) is 13.3. The zero-order valence-electron chi connectivity index (χ0n) is 15.5. The number of carbonyl (C=O) groups excluding carboxylic acids is 2. The number of amides is 2. The number of hydrogen-bond donors (Lipinski definition) is 2. The van der Waals surface area contributed by atoms with Crippen molar-refractivity contribution in [2.75, 3.05) is 27.2 Å². The lowest BCUT2D eigenvalue weighted by molar-refractivity contribution is -0.122. The van der Waals surface area contributed by atoms with Gasteiger partial charge in [-0.3, -0.25) is 13.9 Å². The molecule has 148 valence electrons. The van der Waals surface area contributed by atoms with E-state index in [0.717, 1.165) is 0 Å². The lowest BCUT2D eigenvalue weighted by Crippen LogP contribution is -2.49. The lowest BCUT2D eigenvalue weighted by Gasteiger charge is -2.34. The van der Waals surface area contributed by atoms with Crippen molar-refractivity contribution in [1.82, 2.24) is 0 Å². The Labute approximate surface area is 163 Å². The van der Waals surface area contributed by atoms with Gasteiger partial charge in [0, 0.05) is 18.3 Å². The molecular weight excluding hydrogens is 382 g/mol. The quantitative estimate of drug-likeness (QED) is 0.796. The molecular formula is C19H21N3O5S. The first kappa shape index (κ1) is 19.7. The number of nitrogens with one attached hydrogen (secondary N) is 2. The van der Waals surface area contributed by atoms with E-state index in [9.17, 15) is 18.0 Å². The molecule has 0 aliphatic carbocycles. The molecule has 1 atom stereocenters. The summed E-state index contributed by atoms with van der Waals surface area (Å²) in [6.45, 7) is 2.85. The largest absolute Gasteiger partial charge is 0.476 e. The van der Waals surface area contributed by atoms with Gasteiger partial charge in [0.05, 0.1) is 18.0 Å². The smallest absolute Gasteiger partial charge is 0.267 e. The van der Waals surface area contributed by atoms with Crippen molar-refractivity contribution in [2.24, 2.45) is 0 Å². The van der Waals surface area contributed by atoms with Gasteiger partial charge < -0.3 is 15.4 Å². The van der Waals surface area contributed by atoms with E-state index in [4.69, 9.17) is 4.74 Å². The molecule has 0 saturated heterocycles. The number of hydrogen-bond acceptors (Lipinski definition) is 5. The van der Waals surface area contributed by atoms with E-state index < -0.39 is 22.0 Å². The number of carbonyl (C=O) groups is 2. The van der Waals surface area contributed by atoms with E-state index in [1.165, 1.54) is 11.2 Å². The second kappa shape index (κ2) is 7.89. The van der Waals surface area contributed by atoms with Gasteiger partial charge in [-0.25, -0.2) is 8.42 Å². The molecule has 0 radical (unpaired) electrons. The molecule has 0 fully saturated rings. The first-order valence-corrected chi connectivity index (χ1v) is 10.4. The molecule has 8 nitrogen and oxygen atoms in total. The van der Waals surface area contributed by atoms with Gasteiger partial charge in [-0.1, -0.05) is 12.1 Å². The molecule has 0 aromatic heterocycles. The highest BCUT2D eigenvalue weighted by atomic mass is 32.2. The van der Waals surface area contributed by atoms with Crippen LogP contribution in [0.4, 0.5) is 17.1 Å². The van der Waals surface area contributed by atoms with Crippen molar-refractivity contribution in [1.29, 1.82) is 0 Å². The van der Waals surface area contributed by atoms with Crippen LogP contribution in [0.5, 0.6) is 5.75 Å². The molecule has 1 heterocycles. The summed E-state index contributed by atoms with van der Waals surface area (Å²) in [5.74, 6) is -0.395. The Bertz CT molecular complexity index is 989. The monoisotopic (exact) mass is 403 g/mol. The number of sulfonamides is 1. The molecule has 1 aliphatic rings. The predicted molar refractivity (Wildman–Crippen MR) is 107 cm³/mol. The molecule has 9 heteroatoms. The summed E-state index contributed by atoms with van der Waals surface area (Å²) in [5.41, 5.74) is 1.54. The third-order valence-corrected chi connectivity index (χ3v) is 5.95. The van der Waals surface area contributed by atoms with Gasteiger partial charge in [0.1, 0.15) is 5.75 Å². The van der Waals surface area contributed by atoms with Gasteiger partial charge in [-0.05, 0) is 43.3 Å². The second-order valence-corrected chi connectivity index (χ2v) is 8.44. The summed E-state index contributed by atoms with van der Waals surface area (Å²) in [6.07, 6.45) is -0.994. The topological polar surface area (TPSA) is 105 Å². The van der Waals surface area contributed by atoms with Crippen LogP contribution in [0.3, 0.4) is 0 Å². The Hall–Kier alpha value is -3.07. The lowest BCUT2D eigenvalue weighted by atomic mass is 10.2. The Morgan fingerprint density at radius 3 is 2.29 bits per heavy atom. The van der Waals surface area contributed by atoms with Gasteiger partial charge >= 0.3 is 0 Å². The predicted octanol–water partition coefficient (Wildman–Crippen LogP) is 2.20. The van der Waals surface area contributed by atoms with Crippen LogP contribution in [0, 0.1) is 0 Å². The van der Waals surface area contributed by atoms with Crippen molar-refractivity contribution in [2.45, 2.75) is 20.0 Å². The fraction of sp³-hybridized carbons (Fsp3) is 0.263. The second-order valence-electron chi connectivity index (χ2n) is 6.25. The Balaban J connectivity index is 1.78. The van der Waals surface area contributed by atoms with Gasteiger partial charge in [0.15, 0.2) is 6.10 Å². The number of rotatable bonds is 5. The molecule has 0 bridgehead atoms. The summed E-state index contributed by atoms with van der Waals surface area (Å²) in [5, 5.41) is 5.35. The molecule has 2 N–H and O–H groups in total. The van der Waals surface area contributed by atoms with E-state index in [1.54, 1.807) is 55.5 Å². The van der Waals surface area contributed by atoms with E-state index in [2.05, 4.69) is 10.6 Å². The summed E-state index contributed by atoms with van der Waals surface area (Å²) in [6, 6.07) is 13.3. The van der Waals surface area contributed by atoms with Crippen molar-refractivity contribution < 1.29 is 22.7 Å². The van der Waals surface area contributed by atoms with Crippen molar-refractivity contribution in [3.05, 3.63) is 48.5 Å². The average molecular weight is 403 g/mol. The first-order valence-electron chi connectivity index (χ1n) is 8.75. The highest BCUT2D eigenvalue weighted by molar-refractivity contribution is 7.92. The molecule has 2 aromatic carbocycles. The van der Waals surface area contributed by atoms with Crippen LogP contribution in [0.2, 0.25) is 0 Å². The minimum absolute atomic E-state index is 0.0831. The van der Waals surface area contributed by atoms with Crippen molar-refractivity contribution in [3.63, 3.8) is 0 Å². The molecule has 0 spiro atoms. The molecule has 28 heavy (non-hydrogen) atoms. The number of para-hydroxylation sites is 2. The normalized spacial score (nSPS) is 15.9. The third-order valence-electron chi connectivity index (χ3n) is 4.20. The van der Waals surface area contributed by atoms with Crippen LogP contribution in [-0.2, 0) is 19.6 Å². The maximum Gasteiger partial charge on any atom is 0.267 e. The van der Waals surface area contributed by atoms with Crippen LogP contribution in [0.25, 0.3) is 0 Å². The van der Waals surface area contributed by atoms with Crippen molar-refractivity contribution in [3.8, 4) is 5.75 Å². The highest BCUT2D eigenvalue weighted by Crippen LogP contribution is 2.35. The maximum atomic E-state index is 12.7. The summed E-state index contributed by atoms with van der Waals surface area (Å²) in [4.78, 5) is 23.7. The highest BCUT2D eigenvalue weighted by Gasteiger charge is 2.35. The standard InChI is InChI=1S/C19H21N3O5S/c1-3-28(25,26)22-12-18(27-17-7-5-4-6-16(17)22)19(24)21-15-10-8-14(9-11-15)20-13(2)23/h4-11,18H,3,12H2,1-2H3,(H,20,23)(H,21,24). The Kier molecular flexibility index (Phi) is 5.55. The minimum Gasteiger partial charge on any atom is -0.476 e. The van der Waals surface area contributed by atoms with E-state index in [1.807, 2.05) is 0 Å². The van der Waals surface area contributed by atoms with Crippen LogP contribution in [0.15, 0.2) is 48.5 Å². The minimum atomic E-state index is -3.56. The Morgan fingerprint density at radius 2 is 1.68 bits per heavy atom. The van der Waals surface area contributed by atoms with Gasteiger partial charge in [0.25, 0.3) is 5.91 Å².